The van der Waals surface area contributed by atoms with Gasteiger partial charge in [-0.15, -0.1) is 0 Å². The molecule has 114 valence electrons. The van der Waals surface area contributed by atoms with Gasteiger partial charge in [-0.05, 0) is 38.6 Å². The quantitative estimate of drug-likeness (QED) is 0.897. The van der Waals surface area contributed by atoms with Gasteiger partial charge in [-0.1, -0.05) is 37.8 Å². The van der Waals surface area contributed by atoms with Gasteiger partial charge < -0.3 is 5.32 Å². The minimum Gasteiger partial charge on any atom is -0.316 e. The molecule has 1 unspecified atom stereocenters. The Morgan fingerprint density at radius 1 is 1.35 bits per heavy atom. The van der Waals surface area contributed by atoms with Crippen LogP contribution in [0.4, 0.5) is 0 Å². The van der Waals surface area contributed by atoms with Crippen LogP contribution in [0.3, 0.4) is 0 Å². The summed E-state index contributed by atoms with van der Waals surface area (Å²) in [5, 5.41) is 8.78. The highest BCUT2D eigenvalue weighted by molar-refractivity contribution is 6.31. The molecular formula is C16H28ClN3. The summed E-state index contributed by atoms with van der Waals surface area (Å²) in [6.07, 6.45) is 7.78. The zero-order chi connectivity index (χ0) is 14.7. The number of halogens is 1. The van der Waals surface area contributed by atoms with Crippen molar-refractivity contribution in [1.82, 2.24) is 15.1 Å². The number of rotatable bonds is 5. The number of aromatic nitrogens is 2. The van der Waals surface area contributed by atoms with Gasteiger partial charge in [0.05, 0.1) is 16.4 Å². The summed E-state index contributed by atoms with van der Waals surface area (Å²) in [5.41, 5.74) is 2.11. The van der Waals surface area contributed by atoms with E-state index in [4.69, 9.17) is 11.6 Å². The smallest absolute Gasteiger partial charge is 0.0847 e. The minimum atomic E-state index is 0.514. The largest absolute Gasteiger partial charge is 0.316 e. The first-order valence-corrected chi connectivity index (χ1v) is 8.29. The van der Waals surface area contributed by atoms with Gasteiger partial charge in [0.1, 0.15) is 0 Å². The number of hydrogen-bond donors (Lipinski definition) is 1. The zero-order valence-electron chi connectivity index (χ0n) is 13.2. The lowest BCUT2D eigenvalue weighted by atomic mass is 9.76. The van der Waals surface area contributed by atoms with Gasteiger partial charge in [-0.25, -0.2) is 0 Å². The van der Waals surface area contributed by atoms with Gasteiger partial charge in [-0.3, -0.25) is 4.68 Å². The van der Waals surface area contributed by atoms with Crippen LogP contribution in [-0.2, 0) is 13.5 Å². The summed E-state index contributed by atoms with van der Waals surface area (Å²) in [6.45, 7) is 4.30. The second-order valence-electron chi connectivity index (χ2n) is 6.26. The fourth-order valence-electron chi connectivity index (χ4n) is 3.61. The second-order valence-corrected chi connectivity index (χ2v) is 6.64. The standard InChI is InChI=1S/C16H28ClN3/c1-5-12-6-8-13(9-7-12)14(18-3)10-15-16(17)11(2)19-20(15)4/h12-14,18H,5-10H2,1-4H3. The van der Waals surface area contributed by atoms with Crippen LogP contribution >= 0.6 is 11.6 Å². The maximum absolute atomic E-state index is 6.39. The average molecular weight is 298 g/mol. The molecule has 0 radical (unpaired) electrons. The Morgan fingerprint density at radius 3 is 2.45 bits per heavy atom. The van der Waals surface area contributed by atoms with E-state index in [9.17, 15) is 0 Å². The van der Waals surface area contributed by atoms with Crippen LogP contribution < -0.4 is 5.32 Å². The molecule has 1 aliphatic rings. The van der Waals surface area contributed by atoms with Crippen molar-refractivity contribution in [2.24, 2.45) is 18.9 Å². The molecule has 1 aliphatic carbocycles. The van der Waals surface area contributed by atoms with E-state index in [2.05, 4.69) is 24.4 Å². The summed E-state index contributed by atoms with van der Waals surface area (Å²) in [5.74, 6) is 1.72. The van der Waals surface area contributed by atoms with Crippen LogP contribution in [0.5, 0.6) is 0 Å². The van der Waals surface area contributed by atoms with Gasteiger partial charge in [0.15, 0.2) is 0 Å². The monoisotopic (exact) mass is 297 g/mol. The molecule has 1 saturated carbocycles. The Morgan fingerprint density at radius 2 is 2.00 bits per heavy atom. The van der Waals surface area contributed by atoms with Crippen molar-refractivity contribution in [2.75, 3.05) is 7.05 Å². The van der Waals surface area contributed by atoms with Crippen molar-refractivity contribution in [3.63, 3.8) is 0 Å². The molecule has 1 N–H and O–H groups in total. The van der Waals surface area contributed by atoms with E-state index in [0.29, 0.717) is 6.04 Å². The molecule has 1 atom stereocenters. The summed E-state index contributed by atoms with van der Waals surface area (Å²) in [6, 6.07) is 0.514. The van der Waals surface area contributed by atoms with Crippen molar-refractivity contribution < 1.29 is 0 Å². The number of likely N-dealkylation sites (N-methyl/N-ethyl adjacent to an activating group) is 1. The third-order valence-electron chi connectivity index (χ3n) is 5.08. The summed E-state index contributed by atoms with van der Waals surface area (Å²) < 4.78 is 1.94. The molecule has 20 heavy (non-hydrogen) atoms. The molecule has 0 amide bonds. The highest BCUT2D eigenvalue weighted by Crippen LogP contribution is 2.34. The minimum absolute atomic E-state index is 0.514. The van der Waals surface area contributed by atoms with Crippen molar-refractivity contribution in [3.05, 3.63) is 16.4 Å². The maximum atomic E-state index is 6.39. The molecule has 1 heterocycles. The van der Waals surface area contributed by atoms with Gasteiger partial charge in [-0.2, -0.15) is 5.10 Å². The number of nitrogens with zero attached hydrogens (tertiary/aromatic N) is 2. The van der Waals surface area contributed by atoms with Crippen LogP contribution in [0.2, 0.25) is 5.02 Å². The summed E-state index contributed by atoms with van der Waals surface area (Å²) in [4.78, 5) is 0. The maximum Gasteiger partial charge on any atom is 0.0847 e. The Labute approximate surface area is 128 Å². The van der Waals surface area contributed by atoms with Gasteiger partial charge in [0.2, 0.25) is 0 Å². The molecular weight excluding hydrogens is 270 g/mol. The molecule has 1 aromatic rings. The Bertz CT molecular complexity index is 433. The SMILES string of the molecule is CCC1CCC(C(Cc2c(Cl)c(C)nn2C)NC)CC1. The highest BCUT2D eigenvalue weighted by atomic mass is 35.5. The number of aryl methyl sites for hydroxylation is 2. The second kappa shape index (κ2) is 6.95. The van der Waals surface area contributed by atoms with E-state index in [0.717, 1.165) is 29.0 Å². The van der Waals surface area contributed by atoms with E-state index in [1.54, 1.807) is 0 Å². The van der Waals surface area contributed by atoms with Crippen LogP contribution in [0.15, 0.2) is 0 Å². The first kappa shape index (κ1) is 15.8. The summed E-state index contributed by atoms with van der Waals surface area (Å²) >= 11 is 6.39. The zero-order valence-corrected chi connectivity index (χ0v) is 14.0. The normalized spacial score (nSPS) is 24.9. The van der Waals surface area contributed by atoms with Crippen LogP contribution in [0, 0.1) is 18.8 Å². The Balaban J connectivity index is 2.02. The molecule has 2 rings (SSSR count). The van der Waals surface area contributed by atoms with Crippen molar-refractivity contribution >= 4 is 11.6 Å². The van der Waals surface area contributed by atoms with Crippen molar-refractivity contribution in [1.29, 1.82) is 0 Å². The Hall–Kier alpha value is -0.540. The fraction of sp³-hybridized carbons (Fsp3) is 0.812. The van der Waals surface area contributed by atoms with E-state index in [-0.39, 0.29) is 0 Å². The first-order chi connectivity index (χ1) is 9.56. The lowest BCUT2D eigenvalue weighted by molar-refractivity contribution is 0.220. The van der Waals surface area contributed by atoms with E-state index < -0.39 is 0 Å². The van der Waals surface area contributed by atoms with Crippen molar-refractivity contribution in [3.8, 4) is 0 Å². The Kier molecular flexibility index (Phi) is 5.50. The van der Waals surface area contributed by atoms with E-state index in [1.807, 2.05) is 18.7 Å². The van der Waals surface area contributed by atoms with Crippen LogP contribution in [-0.4, -0.2) is 22.9 Å². The fourth-order valence-corrected chi connectivity index (χ4v) is 3.85. The molecule has 1 fully saturated rings. The molecule has 0 saturated heterocycles. The first-order valence-electron chi connectivity index (χ1n) is 7.92. The van der Waals surface area contributed by atoms with Crippen LogP contribution in [0.1, 0.15) is 50.4 Å². The average Bonchev–Trinajstić information content (AvgIpc) is 2.70. The molecule has 1 aromatic heterocycles. The molecule has 0 bridgehead atoms. The molecule has 3 nitrogen and oxygen atoms in total. The lowest BCUT2D eigenvalue weighted by Gasteiger charge is -2.33. The predicted octanol–water partition coefficient (Wildman–Crippen LogP) is 3.73. The van der Waals surface area contributed by atoms with Gasteiger partial charge in [0.25, 0.3) is 0 Å². The molecule has 0 aromatic carbocycles. The molecule has 0 spiro atoms. The van der Waals surface area contributed by atoms with Gasteiger partial charge in [0, 0.05) is 19.5 Å². The predicted molar refractivity (Wildman–Crippen MR) is 85.2 cm³/mol. The van der Waals surface area contributed by atoms with E-state index >= 15 is 0 Å². The van der Waals surface area contributed by atoms with Crippen molar-refractivity contribution in [2.45, 2.75) is 58.4 Å². The topological polar surface area (TPSA) is 29.9 Å². The summed E-state index contributed by atoms with van der Waals surface area (Å²) in [7, 11) is 4.07. The number of nitrogens with one attached hydrogen (secondary N) is 1. The highest BCUT2D eigenvalue weighted by Gasteiger charge is 2.27. The third kappa shape index (κ3) is 3.37. The number of hydrogen-bond acceptors (Lipinski definition) is 2. The molecule has 4 heteroatoms. The van der Waals surface area contributed by atoms with E-state index in [1.165, 1.54) is 37.8 Å². The van der Waals surface area contributed by atoms with Gasteiger partial charge >= 0.3 is 0 Å². The van der Waals surface area contributed by atoms with Crippen LogP contribution in [0.25, 0.3) is 0 Å². The third-order valence-corrected chi connectivity index (χ3v) is 5.58. The molecule has 0 aliphatic heterocycles. The lowest BCUT2D eigenvalue weighted by Crippen LogP contribution is -2.38.